The first-order valence-corrected chi connectivity index (χ1v) is 3.32. The average Bonchev–Trinajstić information content (AvgIpc) is 1.57. The monoisotopic (exact) mass is 144 g/mol. The molecule has 0 atom stereocenters. The first-order valence-electron chi connectivity index (χ1n) is 3.32. The second-order valence-corrected chi connectivity index (χ2v) is 3.06. The zero-order valence-corrected chi connectivity index (χ0v) is 6.26. The molecule has 4 nitrogen and oxygen atoms in total. The molecule has 1 rings (SSSR count). The van der Waals surface area contributed by atoms with Crippen LogP contribution in [0, 0.1) is 5.21 Å². The Labute approximate surface area is 60.0 Å². The highest BCUT2D eigenvalue weighted by Gasteiger charge is 2.33. The van der Waals surface area contributed by atoms with Crippen LogP contribution in [0.3, 0.4) is 0 Å². The number of hydroxylamine groups is 3. The van der Waals surface area contributed by atoms with Gasteiger partial charge in [0.1, 0.15) is 19.1 Å². The summed E-state index contributed by atoms with van der Waals surface area (Å²) >= 11 is 0. The molecule has 0 aromatic carbocycles. The van der Waals surface area contributed by atoms with E-state index in [9.17, 15) is 10.0 Å². The largest absolute Gasteiger partial charge is 0.633 e. The molecule has 0 unspecified atom stereocenters. The van der Waals surface area contributed by atoms with Crippen LogP contribution in [0.15, 0.2) is 0 Å². The number of carbonyl (C=O) groups excluding carboxylic acids is 1. The van der Waals surface area contributed by atoms with E-state index in [0.717, 1.165) is 0 Å². The van der Waals surface area contributed by atoms with Crippen LogP contribution in [0.5, 0.6) is 0 Å². The Balaban J connectivity index is 2.21. The summed E-state index contributed by atoms with van der Waals surface area (Å²) in [4.78, 5) is 10.4. The summed E-state index contributed by atoms with van der Waals surface area (Å²) in [7, 11) is 1.61. The summed E-state index contributed by atoms with van der Waals surface area (Å²) < 4.78 is -0.217. The number of rotatable bonds is 1. The fraction of sp³-hybridized carbons (Fsp3) is 0.833. The molecule has 1 N–H and O–H groups in total. The molecule has 0 radical (unpaired) electrons. The minimum atomic E-state index is -0.217. The molecule has 1 fully saturated rings. The molecule has 0 aromatic heterocycles. The lowest BCUT2D eigenvalue weighted by Gasteiger charge is -2.51. The third kappa shape index (κ3) is 1.68. The zero-order valence-electron chi connectivity index (χ0n) is 6.26. The molecule has 1 amide bonds. The number of nitrogens with one attached hydrogen (secondary N) is 1. The van der Waals surface area contributed by atoms with E-state index in [1.807, 2.05) is 0 Å². The van der Waals surface area contributed by atoms with Gasteiger partial charge in [0.15, 0.2) is 0 Å². The average molecular weight is 144 g/mol. The molecule has 0 saturated carbocycles. The van der Waals surface area contributed by atoms with Crippen molar-refractivity contribution in [3.8, 4) is 0 Å². The highest BCUT2D eigenvalue weighted by atomic mass is 16.5. The lowest BCUT2D eigenvalue weighted by Crippen LogP contribution is -2.65. The van der Waals surface area contributed by atoms with E-state index < -0.39 is 0 Å². The van der Waals surface area contributed by atoms with Gasteiger partial charge >= 0.3 is 0 Å². The smallest absolute Gasteiger partial charge is 0.217 e. The van der Waals surface area contributed by atoms with Crippen LogP contribution in [0.2, 0.25) is 0 Å². The van der Waals surface area contributed by atoms with Gasteiger partial charge < -0.3 is 15.2 Å². The lowest BCUT2D eigenvalue weighted by molar-refractivity contribution is -0.903. The molecule has 1 heterocycles. The molecule has 1 aliphatic heterocycles. The fourth-order valence-corrected chi connectivity index (χ4v) is 1.26. The van der Waals surface area contributed by atoms with Gasteiger partial charge in [-0.05, 0) is 0 Å². The fourth-order valence-electron chi connectivity index (χ4n) is 1.26. The number of nitrogens with zero attached hydrogens (tertiary/aromatic N) is 1. The van der Waals surface area contributed by atoms with Gasteiger partial charge in [-0.25, -0.2) is 0 Å². The summed E-state index contributed by atoms with van der Waals surface area (Å²) in [6, 6.07) is 0.111. The normalized spacial score (nSPS) is 38.5. The lowest BCUT2D eigenvalue weighted by atomic mass is 10.1. The number of quaternary nitrogens is 1. The number of amides is 1. The van der Waals surface area contributed by atoms with Crippen LogP contribution in [0.1, 0.15) is 6.92 Å². The van der Waals surface area contributed by atoms with Gasteiger partial charge in [-0.1, -0.05) is 0 Å². The Morgan fingerprint density at radius 2 is 2.20 bits per heavy atom. The standard InChI is InChI=1S/C6H12N2O2/c1-5(9)7-6-3-8(2,10)4-6/h6H,3-4H2,1-2H3,(H,7,9). The third-order valence-electron chi connectivity index (χ3n) is 1.62. The molecule has 0 bridgehead atoms. The summed E-state index contributed by atoms with van der Waals surface area (Å²) in [5.41, 5.74) is 0. The third-order valence-corrected chi connectivity index (χ3v) is 1.62. The maximum atomic E-state index is 10.9. The molecular formula is C6H12N2O2. The van der Waals surface area contributed by atoms with Crippen LogP contribution in [0.25, 0.3) is 0 Å². The minimum absolute atomic E-state index is 0.0512. The number of likely N-dealkylation sites (N-methyl/N-ethyl adjacent to an activating group) is 1. The van der Waals surface area contributed by atoms with Crippen LogP contribution < -0.4 is 5.32 Å². The van der Waals surface area contributed by atoms with Gasteiger partial charge in [-0.2, -0.15) is 0 Å². The van der Waals surface area contributed by atoms with E-state index in [0.29, 0.717) is 13.1 Å². The molecule has 0 spiro atoms. The molecule has 0 aliphatic carbocycles. The Bertz CT molecular complexity index is 148. The van der Waals surface area contributed by atoms with Crippen molar-refractivity contribution >= 4 is 5.91 Å². The number of hydrogen-bond acceptors (Lipinski definition) is 2. The summed E-state index contributed by atoms with van der Waals surface area (Å²) in [6.45, 7) is 2.49. The maximum absolute atomic E-state index is 10.9. The van der Waals surface area contributed by atoms with E-state index in [4.69, 9.17) is 0 Å². The second kappa shape index (κ2) is 2.21. The Hall–Kier alpha value is -0.610. The van der Waals surface area contributed by atoms with Gasteiger partial charge in [-0.3, -0.25) is 4.79 Å². The van der Waals surface area contributed by atoms with Gasteiger partial charge in [0.2, 0.25) is 5.91 Å². The van der Waals surface area contributed by atoms with E-state index in [1.54, 1.807) is 7.05 Å². The minimum Gasteiger partial charge on any atom is -0.633 e. The maximum Gasteiger partial charge on any atom is 0.217 e. The molecule has 1 aliphatic rings. The molecule has 58 valence electrons. The predicted octanol–water partition coefficient (Wildman–Crippen LogP) is -0.551. The molecule has 1 saturated heterocycles. The summed E-state index contributed by atoms with van der Waals surface area (Å²) in [5, 5.41) is 13.6. The van der Waals surface area contributed by atoms with Crippen molar-refractivity contribution in [1.29, 1.82) is 0 Å². The topological polar surface area (TPSA) is 52.2 Å². The van der Waals surface area contributed by atoms with Crippen molar-refractivity contribution in [2.75, 3.05) is 20.1 Å². The van der Waals surface area contributed by atoms with Crippen molar-refractivity contribution in [3.63, 3.8) is 0 Å². The van der Waals surface area contributed by atoms with E-state index in [2.05, 4.69) is 5.32 Å². The van der Waals surface area contributed by atoms with Crippen LogP contribution in [0.4, 0.5) is 0 Å². The summed E-state index contributed by atoms with van der Waals surface area (Å²) in [5.74, 6) is -0.0512. The van der Waals surface area contributed by atoms with Crippen molar-refractivity contribution in [1.82, 2.24) is 5.32 Å². The van der Waals surface area contributed by atoms with E-state index in [-0.39, 0.29) is 16.6 Å². The summed E-state index contributed by atoms with van der Waals surface area (Å²) in [6.07, 6.45) is 0. The first kappa shape index (κ1) is 7.50. The molecule has 4 heteroatoms. The number of hydrogen-bond donors (Lipinski definition) is 1. The molecular weight excluding hydrogens is 132 g/mol. The van der Waals surface area contributed by atoms with Crippen molar-refractivity contribution in [2.24, 2.45) is 0 Å². The van der Waals surface area contributed by atoms with Crippen LogP contribution in [-0.4, -0.2) is 36.7 Å². The Morgan fingerprint density at radius 3 is 2.50 bits per heavy atom. The quantitative estimate of drug-likeness (QED) is 0.396. The van der Waals surface area contributed by atoms with Gasteiger partial charge in [0, 0.05) is 6.92 Å². The Kier molecular flexibility index (Phi) is 1.66. The van der Waals surface area contributed by atoms with Gasteiger partial charge in [0.25, 0.3) is 0 Å². The van der Waals surface area contributed by atoms with Crippen molar-refractivity contribution < 1.29 is 9.44 Å². The highest BCUT2D eigenvalue weighted by Crippen LogP contribution is 2.14. The molecule has 0 aromatic rings. The van der Waals surface area contributed by atoms with Gasteiger partial charge in [0.05, 0.1) is 7.05 Å². The van der Waals surface area contributed by atoms with Crippen molar-refractivity contribution in [3.05, 3.63) is 5.21 Å². The van der Waals surface area contributed by atoms with Crippen LogP contribution >= 0.6 is 0 Å². The molecule has 10 heavy (non-hydrogen) atoms. The number of carbonyl (C=O) groups is 1. The first-order chi connectivity index (χ1) is 4.49. The second-order valence-electron chi connectivity index (χ2n) is 3.06. The number of likely N-dealkylation sites (tertiary alicyclic amines) is 1. The Morgan fingerprint density at radius 1 is 1.70 bits per heavy atom. The van der Waals surface area contributed by atoms with Gasteiger partial charge in [-0.15, -0.1) is 0 Å². The predicted molar refractivity (Wildman–Crippen MR) is 36.9 cm³/mol. The highest BCUT2D eigenvalue weighted by molar-refractivity contribution is 5.73. The SMILES string of the molecule is CC(=O)NC1C[N+](C)([O-])C1. The zero-order chi connectivity index (χ0) is 7.78. The van der Waals surface area contributed by atoms with Crippen LogP contribution in [-0.2, 0) is 4.79 Å². The van der Waals surface area contributed by atoms with E-state index >= 15 is 0 Å². The van der Waals surface area contributed by atoms with Crippen molar-refractivity contribution in [2.45, 2.75) is 13.0 Å². The van der Waals surface area contributed by atoms with E-state index in [1.165, 1.54) is 6.92 Å².